The summed E-state index contributed by atoms with van der Waals surface area (Å²) in [5, 5.41) is 4.17. The van der Waals surface area contributed by atoms with E-state index in [1.807, 2.05) is 12.1 Å². The van der Waals surface area contributed by atoms with Crippen molar-refractivity contribution in [1.29, 1.82) is 0 Å². The fraction of sp³-hybridized carbons (Fsp3) is 0.500. The van der Waals surface area contributed by atoms with Crippen molar-refractivity contribution in [2.24, 2.45) is 0 Å². The molecule has 0 saturated carbocycles. The van der Waals surface area contributed by atoms with Crippen LogP contribution in [0.4, 0.5) is 5.69 Å². The maximum absolute atomic E-state index is 5.74. The number of piperazine rings is 1. The zero-order chi connectivity index (χ0) is 19.8. The number of quaternary nitrogens is 2. The van der Waals surface area contributed by atoms with Crippen LogP contribution in [0.3, 0.4) is 0 Å². The van der Waals surface area contributed by atoms with E-state index in [0.29, 0.717) is 6.54 Å². The van der Waals surface area contributed by atoms with Gasteiger partial charge in [0.25, 0.3) is 0 Å². The smallest absolute Gasteiger partial charge is 0.173 e. The maximum Gasteiger partial charge on any atom is 0.173 e. The first-order chi connectivity index (χ1) is 13.6. The van der Waals surface area contributed by atoms with E-state index in [0.717, 1.165) is 35.9 Å². The molecular weight excluding hydrogens is 368 g/mol. The van der Waals surface area contributed by atoms with Crippen molar-refractivity contribution in [3.8, 4) is 0 Å². The van der Waals surface area contributed by atoms with Crippen LogP contribution in [0.15, 0.2) is 47.1 Å². The Morgan fingerprint density at radius 3 is 2.54 bits per heavy atom. The molecule has 0 amide bonds. The lowest BCUT2D eigenvalue weighted by Gasteiger charge is -2.29. The lowest BCUT2D eigenvalue weighted by Crippen LogP contribution is -3.27. The first kappa shape index (κ1) is 20.8. The first-order valence-electron chi connectivity index (χ1n) is 10.5. The summed E-state index contributed by atoms with van der Waals surface area (Å²) in [6, 6.07) is 12.5. The highest BCUT2D eigenvalue weighted by Gasteiger charge is 2.20. The molecule has 28 heavy (non-hydrogen) atoms. The minimum Gasteiger partial charge on any atom is -0.467 e. The quantitative estimate of drug-likeness (QED) is 0.572. The van der Waals surface area contributed by atoms with Crippen molar-refractivity contribution in [2.45, 2.75) is 26.3 Å². The molecule has 6 heteroatoms. The highest BCUT2D eigenvalue weighted by Crippen LogP contribution is 2.13. The minimum atomic E-state index is 0.702. The predicted molar refractivity (Wildman–Crippen MR) is 118 cm³/mol. The molecule has 2 heterocycles. The van der Waals surface area contributed by atoms with E-state index in [1.165, 1.54) is 38.3 Å². The molecule has 1 saturated heterocycles. The van der Waals surface area contributed by atoms with E-state index < -0.39 is 0 Å². The number of benzene rings is 1. The summed E-state index contributed by atoms with van der Waals surface area (Å²) < 4.78 is 5.57. The number of anilines is 1. The maximum atomic E-state index is 5.74. The third-order valence-corrected chi connectivity index (χ3v) is 5.96. The van der Waals surface area contributed by atoms with E-state index in [1.54, 1.807) is 16.1 Å². The van der Waals surface area contributed by atoms with Crippen molar-refractivity contribution in [3.05, 3.63) is 54.0 Å². The molecule has 1 fully saturated rings. The van der Waals surface area contributed by atoms with Crippen LogP contribution >= 0.6 is 12.2 Å². The van der Waals surface area contributed by atoms with Crippen LogP contribution in [-0.2, 0) is 13.0 Å². The van der Waals surface area contributed by atoms with Crippen molar-refractivity contribution in [1.82, 2.24) is 4.90 Å². The molecular formula is C22H34N4OS+2. The van der Waals surface area contributed by atoms with Gasteiger partial charge in [0.15, 0.2) is 5.11 Å². The number of likely N-dealkylation sites (N-methyl/N-ethyl adjacent to an activating group) is 1. The monoisotopic (exact) mass is 402 g/mol. The van der Waals surface area contributed by atoms with E-state index in [9.17, 15) is 0 Å². The Morgan fingerprint density at radius 2 is 1.89 bits per heavy atom. The van der Waals surface area contributed by atoms with Gasteiger partial charge in [-0.2, -0.15) is 0 Å². The number of hydrogen-bond acceptors (Lipinski definition) is 2. The average molecular weight is 403 g/mol. The van der Waals surface area contributed by atoms with Gasteiger partial charge in [0.1, 0.15) is 31.9 Å². The molecule has 0 unspecified atom stereocenters. The minimum absolute atomic E-state index is 0.702. The lowest BCUT2D eigenvalue weighted by atomic mass is 10.1. The molecule has 0 spiro atoms. The van der Waals surface area contributed by atoms with E-state index in [4.69, 9.17) is 16.6 Å². The molecule has 152 valence electrons. The summed E-state index contributed by atoms with van der Waals surface area (Å²) in [6.45, 7) is 10.1. The second kappa shape index (κ2) is 10.6. The van der Waals surface area contributed by atoms with Crippen LogP contribution in [0, 0.1) is 0 Å². The molecule has 1 aliphatic rings. The normalized spacial score (nSPS) is 19.4. The van der Waals surface area contributed by atoms with Crippen LogP contribution in [0.25, 0.3) is 0 Å². The van der Waals surface area contributed by atoms with Gasteiger partial charge in [0, 0.05) is 18.7 Å². The van der Waals surface area contributed by atoms with Crippen LogP contribution < -0.4 is 15.1 Å². The van der Waals surface area contributed by atoms with Crippen LogP contribution in [0.1, 0.15) is 24.7 Å². The zero-order valence-corrected chi connectivity index (χ0v) is 18.0. The number of nitrogens with zero attached hydrogens (tertiary/aromatic N) is 1. The van der Waals surface area contributed by atoms with Gasteiger partial charge >= 0.3 is 0 Å². The summed E-state index contributed by atoms with van der Waals surface area (Å²) in [5.74, 6) is 0.945. The molecule has 0 radical (unpaired) electrons. The lowest BCUT2D eigenvalue weighted by molar-refractivity contribution is -1.00. The summed E-state index contributed by atoms with van der Waals surface area (Å²) in [7, 11) is 2.29. The Morgan fingerprint density at radius 1 is 1.14 bits per heavy atom. The van der Waals surface area contributed by atoms with Gasteiger partial charge in [0.2, 0.25) is 0 Å². The van der Waals surface area contributed by atoms with Crippen LogP contribution in [0.5, 0.6) is 0 Å². The van der Waals surface area contributed by atoms with Crippen molar-refractivity contribution in [3.63, 3.8) is 0 Å². The van der Waals surface area contributed by atoms with Gasteiger partial charge in [-0.1, -0.05) is 19.1 Å². The molecule has 1 aliphatic heterocycles. The molecule has 1 aromatic carbocycles. The topological polar surface area (TPSA) is 37.3 Å². The summed E-state index contributed by atoms with van der Waals surface area (Å²) >= 11 is 5.74. The van der Waals surface area contributed by atoms with E-state index in [-0.39, 0.29) is 0 Å². The van der Waals surface area contributed by atoms with Gasteiger partial charge in [-0.15, -0.1) is 0 Å². The van der Waals surface area contributed by atoms with Gasteiger partial charge in [-0.25, -0.2) is 0 Å². The van der Waals surface area contributed by atoms with Gasteiger partial charge in [-0.3, -0.25) is 0 Å². The van der Waals surface area contributed by atoms with Crippen LogP contribution in [0.2, 0.25) is 0 Å². The number of thiocarbonyl (C=S) groups is 1. The molecule has 0 aliphatic carbocycles. The highest BCUT2D eigenvalue weighted by atomic mass is 32.1. The van der Waals surface area contributed by atoms with Crippen molar-refractivity contribution in [2.75, 3.05) is 51.6 Å². The standard InChI is InChI=1S/C22H32N4OS/c1-3-19-7-9-20(10-8-19)23-22(28)26(18-21-6-4-17-27-21)12-5-11-25-15-13-24(2)14-16-25/h4,6-10,17H,3,5,11-16,18H2,1-2H3,(H,23,28)/p+2. The Balaban J connectivity index is 1.55. The SMILES string of the molecule is CCc1ccc(NC(=S)N(CCC[NH+]2CC[NH+](C)CC2)Cc2ccco2)cc1. The number of rotatable bonds is 8. The Hall–Kier alpha value is -1.89. The molecule has 0 atom stereocenters. The number of aryl methyl sites for hydroxylation is 1. The number of nitrogens with one attached hydrogen (secondary N) is 3. The molecule has 0 bridgehead atoms. The number of hydrogen-bond donors (Lipinski definition) is 3. The van der Waals surface area contributed by atoms with Crippen molar-refractivity contribution >= 4 is 23.0 Å². The average Bonchev–Trinajstić information content (AvgIpc) is 3.22. The molecule has 3 N–H and O–H groups in total. The molecule has 3 rings (SSSR count). The largest absolute Gasteiger partial charge is 0.467 e. The Kier molecular flexibility index (Phi) is 7.89. The van der Waals surface area contributed by atoms with Gasteiger partial charge < -0.3 is 24.4 Å². The summed E-state index contributed by atoms with van der Waals surface area (Å²) in [6.07, 6.45) is 3.90. The first-order valence-corrected chi connectivity index (χ1v) is 10.9. The third kappa shape index (κ3) is 6.33. The fourth-order valence-electron chi connectivity index (χ4n) is 3.67. The van der Waals surface area contributed by atoms with E-state index in [2.05, 4.69) is 48.5 Å². The summed E-state index contributed by atoms with van der Waals surface area (Å²) in [5.41, 5.74) is 2.38. The van der Waals surface area contributed by atoms with Crippen molar-refractivity contribution < 1.29 is 14.2 Å². The van der Waals surface area contributed by atoms with E-state index >= 15 is 0 Å². The highest BCUT2D eigenvalue weighted by molar-refractivity contribution is 7.80. The zero-order valence-electron chi connectivity index (χ0n) is 17.2. The number of furan rings is 1. The Bertz CT molecular complexity index is 709. The van der Waals surface area contributed by atoms with Gasteiger partial charge in [0.05, 0.1) is 26.4 Å². The summed E-state index contributed by atoms with van der Waals surface area (Å²) in [4.78, 5) is 5.60. The molecule has 1 aromatic heterocycles. The second-order valence-corrected chi connectivity index (χ2v) is 8.18. The predicted octanol–water partition coefficient (Wildman–Crippen LogP) is 0.844. The molecule has 2 aromatic rings. The van der Waals surface area contributed by atoms with Gasteiger partial charge in [-0.05, 0) is 48.5 Å². The fourth-order valence-corrected chi connectivity index (χ4v) is 3.94. The second-order valence-electron chi connectivity index (χ2n) is 7.79. The molecule has 5 nitrogen and oxygen atoms in total. The Labute approximate surface area is 174 Å². The third-order valence-electron chi connectivity index (χ3n) is 5.60. The van der Waals surface area contributed by atoms with Crippen LogP contribution in [-0.4, -0.2) is 56.3 Å².